The Morgan fingerprint density at radius 1 is 1.58 bits per heavy atom. The van der Waals surface area contributed by atoms with Crippen molar-refractivity contribution in [3.8, 4) is 0 Å². The van der Waals surface area contributed by atoms with Crippen molar-refractivity contribution in [1.82, 2.24) is 9.62 Å². The van der Waals surface area contributed by atoms with Gasteiger partial charge in [-0.25, -0.2) is 13.1 Å². The molecule has 0 spiro atoms. The molecule has 2 rings (SSSR count). The SMILES string of the molecule is CCNS(=O)(=O)[C@@H]1CCN(C(=O)c2ccc(Cl)s2)C1. The third-order valence-electron chi connectivity index (χ3n) is 3.00. The first-order valence-electron chi connectivity index (χ1n) is 5.97. The molecule has 1 N–H and O–H groups in total. The fraction of sp³-hybridized carbons (Fsp3) is 0.545. The average Bonchev–Trinajstić information content (AvgIpc) is 2.96. The highest BCUT2D eigenvalue weighted by atomic mass is 35.5. The topological polar surface area (TPSA) is 66.5 Å². The van der Waals surface area contributed by atoms with Gasteiger partial charge in [-0.2, -0.15) is 0 Å². The van der Waals surface area contributed by atoms with E-state index in [4.69, 9.17) is 11.6 Å². The summed E-state index contributed by atoms with van der Waals surface area (Å²) in [5.41, 5.74) is 0. The van der Waals surface area contributed by atoms with Crippen molar-refractivity contribution in [2.45, 2.75) is 18.6 Å². The van der Waals surface area contributed by atoms with Crippen LogP contribution in [0, 0.1) is 0 Å². The van der Waals surface area contributed by atoms with Crippen LogP contribution in [0.4, 0.5) is 0 Å². The van der Waals surface area contributed by atoms with Crippen molar-refractivity contribution in [3.63, 3.8) is 0 Å². The quantitative estimate of drug-likeness (QED) is 0.914. The predicted molar refractivity (Wildman–Crippen MR) is 76.2 cm³/mol. The molecule has 1 saturated heterocycles. The maximum Gasteiger partial charge on any atom is 0.264 e. The molecule has 1 aliphatic rings. The highest BCUT2D eigenvalue weighted by Gasteiger charge is 2.35. The summed E-state index contributed by atoms with van der Waals surface area (Å²) in [6, 6.07) is 3.34. The standard InChI is InChI=1S/C11H15ClN2O3S2/c1-2-13-19(16,17)8-5-6-14(7-8)11(15)9-3-4-10(12)18-9/h3-4,8,13H,2,5-7H2,1H3/t8-/m1/s1. The Labute approximate surface area is 121 Å². The molecule has 1 aromatic rings. The Kier molecular flexibility index (Phi) is 4.50. The van der Waals surface area contributed by atoms with Crippen LogP contribution in [0.15, 0.2) is 12.1 Å². The molecule has 0 bridgehead atoms. The second-order valence-corrected chi connectivity index (χ2v) is 8.07. The molecule has 1 atom stereocenters. The first kappa shape index (κ1) is 14.8. The molecule has 0 saturated carbocycles. The lowest BCUT2D eigenvalue weighted by Crippen LogP contribution is -2.37. The van der Waals surface area contributed by atoms with E-state index in [0.717, 1.165) is 0 Å². The summed E-state index contributed by atoms with van der Waals surface area (Å²) in [6.07, 6.45) is 0.472. The number of sulfonamides is 1. The number of amides is 1. The minimum atomic E-state index is -3.32. The van der Waals surface area contributed by atoms with Gasteiger partial charge in [-0.05, 0) is 18.6 Å². The molecule has 0 unspecified atom stereocenters. The number of carbonyl (C=O) groups is 1. The second kappa shape index (κ2) is 5.78. The summed E-state index contributed by atoms with van der Waals surface area (Å²) >= 11 is 7.01. The Hall–Kier alpha value is -0.630. The minimum absolute atomic E-state index is 0.147. The molecule has 19 heavy (non-hydrogen) atoms. The molecular formula is C11H15ClN2O3S2. The highest BCUT2D eigenvalue weighted by Crippen LogP contribution is 2.25. The monoisotopic (exact) mass is 322 g/mol. The van der Waals surface area contributed by atoms with Crippen molar-refractivity contribution in [2.75, 3.05) is 19.6 Å². The van der Waals surface area contributed by atoms with Crippen LogP contribution >= 0.6 is 22.9 Å². The molecule has 0 radical (unpaired) electrons. The van der Waals surface area contributed by atoms with Gasteiger partial charge in [0.2, 0.25) is 10.0 Å². The van der Waals surface area contributed by atoms with Gasteiger partial charge in [-0.15, -0.1) is 11.3 Å². The number of nitrogens with zero attached hydrogens (tertiary/aromatic N) is 1. The van der Waals surface area contributed by atoms with E-state index in [0.29, 0.717) is 28.7 Å². The lowest BCUT2D eigenvalue weighted by Gasteiger charge is -2.15. The molecule has 2 heterocycles. The van der Waals surface area contributed by atoms with Crippen LogP contribution in [0.3, 0.4) is 0 Å². The van der Waals surface area contributed by atoms with E-state index in [1.165, 1.54) is 11.3 Å². The molecular weight excluding hydrogens is 308 g/mol. The first-order chi connectivity index (χ1) is 8.94. The lowest BCUT2D eigenvalue weighted by molar-refractivity contribution is 0.0798. The van der Waals surface area contributed by atoms with Crippen LogP contribution in [0.5, 0.6) is 0 Å². The molecule has 1 amide bonds. The van der Waals surface area contributed by atoms with Crippen LogP contribution in [0.2, 0.25) is 4.34 Å². The number of halogens is 1. The van der Waals surface area contributed by atoms with Crippen molar-refractivity contribution in [3.05, 3.63) is 21.3 Å². The smallest absolute Gasteiger partial charge is 0.264 e. The van der Waals surface area contributed by atoms with Crippen LogP contribution in [-0.2, 0) is 10.0 Å². The predicted octanol–water partition coefficient (Wildman–Crippen LogP) is 1.56. The van der Waals surface area contributed by atoms with E-state index < -0.39 is 15.3 Å². The van der Waals surface area contributed by atoms with Crippen molar-refractivity contribution < 1.29 is 13.2 Å². The zero-order chi connectivity index (χ0) is 14.0. The van der Waals surface area contributed by atoms with E-state index in [1.54, 1.807) is 24.0 Å². The molecule has 5 nitrogen and oxygen atoms in total. The molecule has 0 aliphatic carbocycles. The number of likely N-dealkylation sites (tertiary alicyclic amines) is 1. The third kappa shape index (κ3) is 3.28. The number of thiophene rings is 1. The Morgan fingerprint density at radius 3 is 2.89 bits per heavy atom. The summed E-state index contributed by atoms with van der Waals surface area (Å²) in [7, 11) is -3.32. The Bertz CT molecular complexity index is 570. The van der Waals surface area contributed by atoms with Crippen molar-refractivity contribution in [2.24, 2.45) is 0 Å². The fourth-order valence-corrected chi connectivity index (χ4v) is 4.51. The van der Waals surface area contributed by atoms with Gasteiger partial charge in [-0.3, -0.25) is 4.79 Å². The van der Waals surface area contributed by atoms with E-state index in [2.05, 4.69) is 4.72 Å². The van der Waals surface area contributed by atoms with E-state index in [-0.39, 0.29) is 12.5 Å². The summed E-state index contributed by atoms with van der Waals surface area (Å²) in [5.74, 6) is -0.147. The van der Waals surface area contributed by atoms with Gasteiger partial charge in [0.1, 0.15) is 0 Å². The van der Waals surface area contributed by atoms with Crippen LogP contribution in [-0.4, -0.2) is 44.1 Å². The van der Waals surface area contributed by atoms with Gasteiger partial charge in [0.05, 0.1) is 14.5 Å². The minimum Gasteiger partial charge on any atom is -0.337 e. The molecule has 1 aromatic heterocycles. The largest absolute Gasteiger partial charge is 0.337 e. The van der Waals surface area contributed by atoms with Gasteiger partial charge in [0.25, 0.3) is 5.91 Å². The van der Waals surface area contributed by atoms with Crippen molar-refractivity contribution in [1.29, 1.82) is 0 Å². The molecule has 1 aliphatic heterocycles. The number of hydrogen-bond acceptors (Lipinski definition) is 4. The lowest BCUT2D eigenvalue weighted by atomic mass is 10.4. The fourth-order valence-electron chi connectivity index (χ4n) is 2.07. The summed E-state index contributed by atoms with van der Waals surface area (Å²) < 4.78 is 26.8. The highest BCUT2D eigenvalue weighted by molar-refractivity contribution is 7.90. The van der Waals surface area contributed by atoms with Crippen molar-refractivity contribution >= 4 is 38.9 Å². The maximum absolute atomic E-state index is 12.2. The molecule has 1 fully saturated rings. The van der Waals surface area contributed by atoms with Crippen LogP contribution < -0.4 is 4.72 Å². The van der Waals surface area contributed by atoms with Gasteiger partial charge in [0, 0.05) is 19.6 Å². The van der Waals surface area contributed by atoms with Crippen LogP contribution in [0.1, 0.15) is 23.0 Å². The second-order valence-electron chi connectivity index (χ2n) is 4.31. The van der Waals surface area contributed by atoms with Gasteiger partial charge in [0.15, 0.2) is 0 Å². The van der Waals surface area contributed by atoms with Crippen LogP contribution in [0.25, 0.3) is 0 Å². The Morgan fingerprint density at radius 2 is 2.32 bits per heavy atom. The summed E-state index contributed by atoms with van der Waals surface area (Å²) in [4.78, 5) is 14.3. The number of rotatable bonds is 4. The third-order valence-corrected chi connectivity index (χ3v) is 6.17. The molecule has 106 valence electrons. The Balaban J connectivity index is 2.04. The van der Waals surface area contributed by atoms with Gasteiger partial charge >= 0.3 is 0 Å². The number of carbonyl (C=O) groups excluding carboxylic acids is 1. The molecule has 0 aromatic carbocycles. The first-order valence-corrected chi connectivity index (χ1v) is 8.71. The maximum atomic E-state index is 12.2. The zero-order valence-electron chi connectivity index (χ0n) is 10.4. The normalized spacial score (nSPS) is 19.9. The van der Waals surface area contributed by atoms with Gasteiger partial charge in [-0.1, -0.05) is 18.5 Å². The van der Waals surface area contributed by atoms with E-state index >= 15 is 0 Å². The molecule has 8 heteroatoms. The average molecular weight is 323 g/mol. The summed E-state index contributed by atoms with van der Waals surface area (Å²) in [6.45, 7) is 2.81. The summed E-state index contributed by atoms with van der Waals surface area (Å²) in [5, 5.41) is -0.521. The number of hydrogen-bond donors (Lipinski definition) is 1. The van der Waals surface area contributed by atoms with Gasteiger partial charge < -0.3 is 4.90 Å². The van der Waals surface area contributed by atoms with E-state index in [9.17, 15) is 13.2 Å². The van der Waals surface area contributed by atoms with E-state index in [1.807, 2.05) is 0 Å². The number of nitrogens with one attached hydrogen (secondary N) is 1. The zero-order valence-corrected chi connectivity index (χ0v) is 12.8.